The number of para-hydroxylation sites is 2. The number of hydrogen-bond acceptors (Lipinski definition) is 3. The number of benzene rings is 2. The van der Waals surface area contributed by atoms with Gasteiger partial charge in [0.05, 0.1) is 11.0 Å². The highest BCUT2D eigenvalue weighted by molar-refractivity contribution is 5.85. The lowest BCUT2D eigenvalue weighted by molar-refractivity contribution is 0.274. The second kappa shape index (κ2) is 7.16. The Morgan fingerprint density at radius 1 is 1.12 bits per heavy atom. The molecule has 0 bridgehead atoms. The summed E-state index contributed by atoms with van der Waals surface area (Å²) in [5, 5.41) is 0. The lowest BCUT2D eigenvalue weighted by Crippen LogP contribution is -2.31. The Morgan fingerprint density at radius 2 is 1.88 bits per heavy atom. The molecule has 2 aromatic carbocycles. The van der Waals surface area contributed by atoms with Gasteiger partial charge in [0.15, 0.2) is 0 Å². The van der Waals surface area contributed by atoms with Gasteiger partial charge in [-0.15, -0.1) is 12.4 Å². The number of fused-ring (bicyclic) bond motifs is 1. The minimum Gasteiger partial charge on any atom is -0.330 e. The van der Waals surface area contributed by atoms with E-state index in [2.05, 4.69) is 57.8 Å². The van der Waals surface area contributed by atoms with E-state index in [-0.39, 0.29) is 17.8 Å². The van der Waals surface area contributed by atoms with Crippen molar-refractivity contribution >= 4 is 23.4 Å². The first-order chi connectivity index (χ1) is 11.7. The second-order valence-corrected chi connectivity index (χ2v) is 7.25. The van der Waals surface area contributed by atoms with Crippen molar-refractivity contribution in [2.45, 2.75) is 19.9 Å². The summed E-state index contributed by atoms with van der Waals surface area (Å²) in [5.41, 5.74) is 10.9. The van der Waals surface area contributed by atoms with E-state index in [1.165, 1.54) is 12.0 Å². The molecule has 4 nitrogen and oxygen atoms in total. The minimum atomic E-state index is 0. The van der Waals surface area contributed by atoms with Gasteiger partial charge in [-0.25, -0.2) is 4.98 Å². The summed E-state index contributed by atoms with van der Waals surface area (Å²) in [7, 11) is 0. The van der Waals surface area contributed by atoms with E-state index in [0.29, 0.717) is 0 Å². The summed E-state index contributed by atoms with van der Waals surface area (Å²) < 4.78 is 2.14. The zero-order chi connectivity index (χ0) is 16.6. The molecule has 1 aliphatic heterocycles. The fourth-order valence-corrected chi connectivity index (χ4v) is 3.61. The Balaban J connectivity index is 0.00000182. The van der Waals surface area contributed by atoms with Crippen molar-refractivity contribution in [1.82, 2.24) is 14.5 Å². The van der Waals surface area contributed by atoms with E-state index in [1.807, 2.05) is 18.5 Å². The molecule has 0 amide bonds. The largest absolute Gasteiger partial charge is 0.330 e. The normalized spacial score (nSPS) is 20.7. The summed E-state index contributed by atoms with van der Waals surface area (Å²) in [5.74, 6) is 0. The Bertz CT molecular complexity index is 842. The lowest BCUT2D eigenvalue weighted by atomic mass is 9.90. The summed E-state index contributed by atoms with van der Waals surface area (Å²) in [6.45, 7) is 6.30. The van der Waals surface area contributed by atoms with E-state index in [4.69, 9.17) is 5.73 Å². The Labute approximate surface area is 155 Å². The van der Waals surface area contributed by atoms with Crippen LogP contribution in [-0.2, 0) is 6.54 Å². The van der Waals surface area contributed by atoms with Gasteiger partial charge in [0.1, 0.15) is 6.33 Å². The molecule has 25 heavy (non-hydrogen) atoms. The molecule has 4 rings (SSSR count). The first kappa shape index (κ1) is 17.9. The zero-order valence-electron chi connectivity index (χ0n) is 14.6. The quantitative estimate of drug-likeness (QED) is 0.776. The molecule has 3 aromatic rings. The molecule has 0 spiro atoms. The molecule has 5 heteroatoms. The van der Waals surface area contributed by atoms with Crippen LogP contribution in [-0.4, -0.2) is 34.1 Å². The van der Waals surface area contributed by atoms with Crippen LogP contribution in [0.5, 0.6) is 0 Å². The van der Waals surface area contributed by atoms with Crippen LogP contribution in [0.15, 0.2) is 54.9 Å². The van der Waals surface area contributed by atoms with Crippen LogP contribution in [0.3, 0.4) is 0 Å². The van der Waals surface area contributed by atoms with Gasteiger partial charge in [-0.2, -0.15) is 0 Å². The standard InChI is InChI=1S/C20H24N4.ClH/c1-20(13-21)10-11-23(14-20)12-16-6-8-17(9-7-16)24-15-22-18-4-2-3-5-19(18)24;/h2-9,15H,10-14,21H2,1H3;1H. The summed E-state index contributed by atoms with van der Waals surface area (Å²) in [4.78, 5) is 6.98. The zero-order valence-corrected chi connectivity index (χ0v) is 15.4. The van der Waals surface area contributed by atoms with Crippen molar-refractivity contribution in [3.8, 4) is 5.69 Å². The van der Waals surface area contributed by atoms with E-state index >= 15 is 0 Å². The number of halogens is 1. The van der Waals surface area contributed by atoms with Crippen LogP contribution >= 0.6 is 12.4 Å². The molecule has 132 valence electrons. The third-order valence-corrected chi connectivity index (χ3v) is 5.20. The number of nitrogens with zero attached hydrogens (tertiary/aromatic N) is 3. The van der Waals surface area contributed by atoms with Gasteiger partial charge in [0.25, 0.3) is 0 Å². The van der Waals surface area contributed by atoms with E-state index < -0.39 is 0 Å². The van der Waals surface area contributed by atoms with Crippen molar-refractivity contribution in [2.75, 3.05) is 19.6 Å². The Hall–Kier alpha value is -1.88. The van der Waals surface area contributed by atoms with Crippen LogP contribution in [0, 0.1) is 5.41 Å². The first-order valence-electron chi connectivity index (χ1n) is 8.61. The fourth-order valence-electron chi connectivity index (χ4n) is 3.61. The van der Waals surface area contributed by atoms with E-state index in [0.717, 1.165) is 42.9 Å². The molecule has 0 radical (unpaired) electrons. The number of aromatic nitrogens is 2. The van der Waals surface area contributed by atoms with Crippen molar-refractivity contribution < 1.29 is 0 Å². The van der Waals surface area contributed by atoms with Gasteiger partial charge < -0.3 is 5.73 Å². The molecule has 1 aliphatic rings. The average Bonchev–Trinajstić information content (AvgIpc) is 3.20. The van der Waals surface area contributed by atoms with Gasteiger partial charge in [0.2, 0.25) is 0 Å². The highest BCUT2D eigenvalue weighted by Crippen LogP contribution is 2.29. The van der Waals surface area contributed by atoms with Gasteiger partial charge in [-0.3, -0.25) is 9.47 Å². The van der Waals surface area contributed by atoms with Gasteiger partial charge in [-0.1, -0.05) is 31.2 Å². The molecule has 0 aliphatic carbocycles. The molecular formula is C20H25ClN4. The number of hydrogen-bond donors (Lipinski definition) is 1. The summed E-state index contributed by atoms with van der Waals surface area (Å²) >= 11 is 0. The SMILES string of the molecule is CC1(CN)CCN(Cc2ccc(-n3cnc4ccccc43)cc2)C1.Cl. The topological polar surface area (TPSA) is 47.1 Å². The van der Waals surface area contributed by atoms with Crippen LogP contribution in [0.4, 0.5) is 0 Å². The number of imidazole rings is 1. The van der Waals surface area contributed by atoms with Gasteiger partial charge in [-0.05, 0) is 54.8 Å². The Kier molecular flexibility index (Phi) is 5.13. The fraction of sp³-hybridized carbons (Fsp3) is 0.350. The Morgan fingerprint density at radius 3 is 2.60 bits per heavy atom. The van der Waals surface area contributed by atoms with Crippen LogP contribution < -0.4 is 5.73 Å². The molecule has 1 aromatic heterocycles. The first-order valence-corrected chi connectivity index (χ1v) is 8.61. The second-order valence-electron chi connectivity index (χ2n) is 7.25. The summed E-state index contributed by atoms with van der Waals surface area (Å²) in [6, 6.07) is 17.0. The van der Waals surface area contributed by atoms with Crippen molar-refractivity contribution in [3.63, 3.8) is 0 Å². The average molecular weight is 357 g/mol. The maximum absolute atomic E-state index is 5.91. The van der Waals surface area contributed by atoms with E-state index in [9.17, 15) is 0 Å². The molecule has 1 saturated heterocycles. The maximum atomic E-state index is 5.91. The third-order valence-electron chi connectivity index (χ3n) is 5.20. The minimum absolute atomic E-state index is 0. The number of rotatable bonds is 4. The molecule has 0 saturated carbocycles. The van der Waals surface area contributed by atoms with Crippen molar-refractivity contribution in [2.24, 2.45) is 11.1 Å². The molecule has 1 fully saturated rings. The maximum Gasteiger partial charge on any atom is 0.100 e. The summed E-state index contributed by atoms with van der Waals surface area (Å²) in [6.07, 6.45) is 3.09. The highest BCUT2D eigenvalue weighted by Gasteiger charge is 2.32. The number of likely N-dealkylation sites (tertiary alicyclic amines) is 1. The van der Waals surface area contributed by atoms with Gasteiger partial charge in [0, 0.05) is 18.8 Å². The van der Waals surface area contributed by atoms with E-state index in [1.54, 1.807) is 0 Å². The van der Waals surface area contributed by atoms with Gasteiger partial charge >= 0.3 is 0 Å². The van der Waals surface area contributed by atoms with Crippen LogP contribution in [0.2, 0.25) is 0 Å². The third kappa shape index (κ3) is 3.56. The molecule has 1 unspecified atom stereocenters. The molecule has 1 atom stereocenters. The number of nitrogens with two attached hydrogens (primary N) is 1. The molecule has 2 heterocycles. The lowest BCUT2D eigenvalue weighted by Gasteiger charge is -2.22. The molecular weight excluding hydrogens is 332 g/mol. The smallest absolute Gasteiger partial charge is 0.100 e. The monoisotopic (exact) mass is 356 g/mol. The predicted octanol–water partition coefficient (Wildman–Crippen LogP) is 3.62. The predicted molar refractivity (Wildman–Crippen MR) is 105 cm³/mol. The molecule has 2 N–H and O–H groups in total. The highest BCUT2D eigenvalue weighted by atomic mass is 35.5. The van der Waals surface area contributed by atoms with Crippen molar-refractivity contribution in [3.05, 3.63) is 60.4 Å². The van der Waals surface area contributed by atoms with Crippen LogP contribution in [0.1, 0.15) is 18.9 Å². The van der Waals surface area contributed by atoms with Crippen LogP contribution in [0.25, 0.3) is 16.7 Å². The van der Waals surface area contributed by atoms with Crippen molar-refractivity contribution in [1.29, 1.82) is 0 Å².